The maximum absolute atomic E-state index is 12.7. The normalized spacial score (nSPS) is 22.0. The molecule has 0 radical (unpaired) electrons. The summed E-state index contributed by atoms with van der Waals surface area (Å²) >= 11 is 0. The van der Waals surface area contributed by atoms with Gasteiger partial charge in [-0.2, -0.15) is 0 Å². The van der Waals surface area contributed by atoms with Gasteiger partial charge in [0.2, 0.25) is 0 Å². The molecule has 1 unspecified atom stereocenters. The molecule has 5 heteroatoms. The molecule has 0 aromatic heterocycles. The Morgan fingerprint density at radius 3 is 2.52 bits per heavy atom. The van der Waals surface area contributed by atoms with E-state index in [1.807, 2.05) is 4.90 Å². The minimum Gasteiger partial charge on any atom is -0.507 e. The van der Waals surface area contributed by atoms with Crippen molar-refractivity contribution in [2.45, 2.75) is 31.7 Å². The molecule has 114 valence electrons. The van der Waals surface area contributed by atoms with Crippen LogP contribution in [0.1, 0.15) is 36.0 Å². The van der Waals surface area contributed by atoms with Gasteiger partial charge in [0.1, 0.15) is 17.1 Å². The zero-order chi connectivity index (χ0) is 14.8. The molecule has 1 heterocycles. The Hall–Kier alpha value is -1.75. The number of nitrogens with one attached hydrogen (secondary N) is 1. The molecular weight excluding hydrogens is 268 g/mol. The molecule has 3 rings (SSSR count). The van der Waals surface area contributed by atoms with E-state index in [0.717, 1.165) is 38.8 Å². The van der Waals surface area contributed by atoms with Crippen molar-refractivity contribution in [1.82, 2.24) is 10.2 Å². The molecule has 1 saturated carbocycles. The quantitative estimate of drug-likeness (QED) is 0.789. The van der Waals surface area contributed by atoms with Gasteiger partial charge in [-0.25, -0.2) is 0 Å². The van der Waals surface area contributed by atoms with E-state index in [-0.39, 0.29) is 29.0 Å². The van der Waals surface area contributed by atoms with Gasteiger partial charge in [0.05, 0.1) is 0 Å². The van der Waals surface area contributed by atoms with Crippen LogP contribution in [0.5, 0.6) is 11.5 Å². The fraction of sp³-hybridized carbons (Fsp3) is 0.562. The van der Waals surface area contributed by atoms with Crippen molar-refractivity contribution in [3.63, 3.8) is 0 Å². The first-order chi connectivity index (χ1) is 10.2. The summed E-state index contributed by atoms with van der Waals surface area (Å²) in [6.07, 6.45) is 4.29. The van der Waals surface area contributed by atoms with E-state index in [9.17, 15) is 15.0 Å². The van der Waals surface area contributed by atoms with E-state index in [2.05, 4.69) is 5.32 Å². The molecule has 1 saturated heterocycles. The van der Waals surface area contributed by atoms with Crippen LogP contribution in [-0.2, 0) is 0 Å². The third-order valence-corrected chi connectivity index (χ3v) is 4.34. The molecule has 1 atom stereocenters. The van der Waals surface area contributed by atoms with Crippen molar-refractivity contribution >= 4 is 5.91 Å². The van der Waals surface area contributed by atoms with Gasteiger partial charge in [-0.15, -0.1) is 0 Å². The summed E-state index contributed by atoms with van der Waals surface area (Å²) in [7, 11) is 0. The smallest absolute Gasteiger partial charge is 0.261 e. The fourth-order valence-corrected chi connectivity index (χ4v) is 3.03. The van der Waals surface area contributed by atoms with Crippen LogP contribution >= 0.6 is 0 Å². The minimum atomic E-state index is -0.251. The van der Waals surface area contributed by atoms with Gasteiger partial charge in [-0.3, -0.25) is 4.79 Å². The number of phenolic OH excluding ortho intramolecular Hbond substituents is 2. The number of piperidine rings is 1. The van der Waals surface area contributed by atoms with E-state index in [1.165, 1.54) is 18.2 Å². The Bertz CT molecular complexity index is 502. The second-order valence-electron chi connectivity index (χ2n) is 6.07. The van der Waals surface area contributed by atoms with Crippen LogP contribution in [0.15, 0.2) is 18.2 Å². The Morgan fingerprint density at radius 2 is 1.95 bits per heavy atom. The first-order valence-corrected chi connectivity index (χ1v) is 7.69. The zero-order valence-electron chi connectivity index (χ0n) is 12.1. The lowest BCUT2D eigenvalue weighted by Crippen LogP contribution is -2.42. The van der Waals surface area contributed by atoms with Crippen LogP contribution in [0.2, 0.25) is 0 Å². The number of phenols is 2. The maximum atomic E-state index is 12.7. The van der Waals surface area contributed by atoms with Crippen LogP contribution in [0.3, 0.4) is 0 Å². The summed E-state index contributed by atoms with van der Waals surface area (Å²) < 4.78 is 0. The number of hydrogen-bond acceptors (Lipinski definition) is 4. The summed E-state index contributed by atoms with van der Waals surface area (Å²) in [5.41, 5.74) is 0.0353. The highest BCUT2D eigenvalue weighted by atomic mass is 16.3. The molecule has 0 spiro atoms. The number of rotatable bonds is 4. The number of amides is 1. The Labute approximate surface area is 124 Å². The average Bonchev–Trinajstić information content (AvgIpc) is 3.30. The number of benzene rings is 1. The van der Waals surface area contributed by atoms with Gasteiger partial charge in [0.25, 0.3) is 5.91 Å². The van der Waals surface area contributed by atoms with E-state index >= 15 is 0 Å². The molecule has 2 fully saturated rings. The van der Waals surface area contributed by atoms with Crippen LogP contribution in [0.4, 0.5) is 0 Å². The van der Waals surface area contributed by atoms with Crippen LogP contribution in [0, 0.1) is 5.92 Å². The number of nitrogens with zero attached hydrogens (tertiary/aromatic N) is 1. The van der Waals surface area contributed by atoms with Crippen LogP contribution in [0.25, 0.3) is 0 Å². The molecule has 5 nitrogen and oxygen atoms in total. The molecular formula is C16H22N2O3. The van der Waals surface area contributed by atoms with Crippen molar-refractivity contribution in [3.05, 3.63) is 23.8 Å². The van der Waals surface area contributed by atoms with E-state index in [0.29, 0.717) is 12.5 Å². The molecule has 3 N–H and O–H groups in total. The van der Waals surface area contributed by atoms with Crippen LogP contribution in [-0.4, -0.2) is 46.7 Å². The minimum absolute atomic E-state index is 0.0353. The lowest BCUT2D eigenvalue weighted by Gasteiger charge is -2.30. The van der Waals surface area contributed by atoms with Crippen LogP contribution < -0.4 is 5.32 Å². The largest absolute Gasteiger partial charge is 0.507 e. The van der Waals surface area contributed by atoms with Gasteiger partial charge in [0.15, 0.2) is 0 Å². The summed E-state index contributed by atoms with van der Waals surface area (Å²) in [6.45, 7) is 2.68. The maximum Gasteiger partial charge on any atom is 0.261 e. The third-order valence-electron chi connectivity index (χ3n) is 4.34. The van der Waals surface area contributed by atoms with E-state index < -0.39 is 0 Å². The van der Waals surface area contributed by atoms with Crippen molar-refractivity contribution in [2.75, 3.05) is 19.6 Å². The summed E-state index contributed by atoms with van der Waals surface area (Å²) in [4.78, 5) is 14.6. The zero-order valence-corrected chi connectivity index (χ0v) is 12.1. The fourth-order valence-electron chi connectivity index (χ4n) is 3.03. The first kappa shape index (κ1) is 14.2. The Morgan fingerprint density at radius 1 is 1.24 bits per heavy atom. The predicted octanol–water partition coefficient (Wildman–Crippen LogP) is 1.70. The van der Waals surface area contributed by atoms with Gasteiger partial charge >= 0.3 is 0 Å². The third kappa shape index (κ3) is 3.13. The van der Waals surface area contributed by atoms with Gasteiger partial charge in [0, 0.05) is 12.6 Å². The van der Waals surface area contributed by atoms with Gasteiger partial charge < -0.3 is 20.4 Å². The molecule has 1 aromatic carbocycles. The second kappa shape index (κ2) is 5.93. The SMILES string of the molecule is O=C(c1c(O)cccc1O)N(CC1CCCNC1)C1CC1. The molecule has 2 aliphatic rings. The Kier molecular flexibility index (Phi) is 4.01. The van der Waals surface area contributed by atoms with Gasteiger partial charge in [-0.1, -0.05) is 6.07 Å². The highest BCUT2D eigenvalue weighted by Gasteiger charge is 2.36. The van der Waals surface area contributed by atoms with E-state index in [4.69, 9.17) is 0 Å². The topological polar surface area (TPSA) is 72.8 Å². The second-order valence-corrected chi connectivity index (χ2v) is 6.07. The number of carbonyl (C=O) groups is 1. The Balaban J connectivity index is 1.78. The van der Waals surface area contributed by atoms with Gasteiger partial charge in [-0.05, 0) is 56.8 Å². The monoisotopic (exact) mass is 290 g/mol. The van der Waals surface area contributed by atoms with E-state index in [1.54, 1.807) is 0 Å². The number of hydrogen-bond donors (Lipinski definition) is 3. The van der Waals surface area contributed by atoms with Crippen molar-refractivity contribution in [1.29, 1.82) is 0 Å². The van der Waals surface area contributed by atoms with Crippen molar-refractivity contribution in [2.24, 2.45) is 5.92 Å². The van der Waals surface area contributed by atoms with Crippen molar-refractivity contribution < 1.29 is 15.0 Å². The predicted molar refractivity (Wildman–Crippen MR) is 79.4 cm³/mol. The molecule has 1 aromatic rings. The lowest BCUT2D eigenvalue weighted by atomic mass is 9.98. The molecule has 1 amide bonds. The number of aromatic hydroxyl groups is 2. The summed E-state index contributed by atoms with van der Waals surface area (Å²) in [5, 5.41) is 23.2. The van der Waals surface area contributed by atoms with Crippen molar-refractivity contribution in [3.8, 4) is 11.5 Å². The first-order valence-electron chi connectivity index (χ1n) is 7.69. The number of carbonyl (C=O) groups excluding carboxylic acids is 1. The molecule has 21 heavy (non-hydrogen) atoms. The molecule has 0 bridgehead atoms. The average molecular weight is 290 g/mol. The highest BCUT2D eigenvalue weighted by Crippen LogP contribution is 2.34. The standard InChI is InChI=1S/C16H22N2O3/c19-13-4-1-5-14(20)15(13)16(21)18(12-6-7-12)10-11-3-2-8-17-9-11/h1,4-5,11-12,17,19-20H,2-3,6-10H2. The lowest BCUT2D eigenvalue weighted by molar-refractivity contribution is 0.0698. The molecule has 1 aliphatic carbocycles. The summed E-state index contributed by atoms with van der Waals surface area (Å²) in [5.74, 6) is -0.0881. The summed E-state index contributed by atoms with van der Waals surface area (Å²) in [6, 6.07) is 4.69. The highest BCUT2D eigenvalue weighted by molar-refractivity contribution is 5.99. The molecule has 1 aliphatic heterocycles.